The van der Waals surface area contributed by atoms with E-state index < -0.39 is 0 Å². The van der Waals surface area contributed by atoms with Crippen molar-refractivity contribution in [2.24, 2.45) is 5.73 Å². The molecule has 0 aromatic carbocycles. The van der Waals surface area contributed by atoms with Gasteiger partial charge in [0.15, 0.2) is 5.82 Å². The summed E-state index contributed by atoms with van der Waals surface area (Å²) in [7, 11) is 0. The van der Waals surface area contributed by atoms with Gasteiger partial charge in [-0.25, -0.2) is 14.4 Å². The fourth-order valence-electron chi connectivity index (χ4n) is 3.96. The molecule has 2 aromatic rings. The summed E-state index contributed by atoms with van der Waals surface area (Å²) in [5, 5.41) is 2.94. The van der Waals surface area contributed by atoms with Gasteiger partial charge in [0.2, 0.25) is 0 Å². The van der Waals surface area contributed by atoms with Crippen LogP contribution in [0.25, 0.3) is 5.57 Å². The first kappa shape index (κ1) is 18.3. The molecule has 28 heavy (non-hydrogen) atoms. The Morgan fingerprint density at radius 1 is 1.36 bits per heavy atom. The number of carbonyl (C=O) groups excluding carboxylic acids is 1. The molecule has 0 aliphatic carbocycles. The molecule has 2 atom stereocenters. The summed E-state index contributed by atoms with van der Waals surface area (Å²) in [4.78, 5) is 28.0. The van der Waals surface area contributed by atoms with Crippen molar-refractivity contribution in [1.29, 1.82) is 0 Å². The molecule has 8 heteroatoms. The van der Waals surface area contributed by atoms with E-state index in [9.17, 15) is 9.18 Å². The Balaban J connectivity index is 1.84. The maximum Gasteiger partial charge on any atom is 0.256 e. The first-order valence-corrected chi connectivity index (χ1v) is 9.54. The lowest BCUT2D eigenvalue weighted by Gasteiger charge is -2.27. The zero-order valence-electron chi connectivity index (χ0n) is 15.7. The molecule has 1 saturated heterocycles. The standard InChI is InChI=1S/C20H23FN6O/c1-12-4-5-16-14(9-13(21)11-24-16)17-3-2-8-27(17)18-6-7-23-19(26-18)15(10-22)20(28)25-12/h6-7,9-12,17H,2-5,8,22H2,1H3,(H,25,28)/t12-,17-/m1/s1. The van der Waals surface area contributed by atoms with Crippen LogP contribution in [0.4, 0.5) is 10.2 Å². The average molecular weight is 382 g/mol. The first-order valence-electron chi connectivity index (χ1n) is 9.54. The van der Waals surface area contributed by atoms with E-state index in [0.29, 0.717) is 18.7 Å². The molecule has 3 N–H and O–H groups in total. The fraction of sp³-hybridized carbons (Fsp3) is 0.400. The number of carbonyl (C=O) groups is 1. The van der Waals surface area contributed by atoms with Crippen LogP contribution >= 0.6 is 0 Å². The lowest BCUT2D eigenvalue weighted by atomic mass is 9.98. The maximum atomic E-state index is 14.0. The smallest absolute Gasteiger partial charge is 0.256 e. The van der Waals surface area contributed by atoms with Gasteiger partial charge in [-0.2, -0.15) is 0 Å². The van der Waals surface area contributed by atoms with Crippen molar-refractivity contribution >= 4 is 17.3 Å². The van der Waals surface area contributed by atoms with Crippen LogP contribution in [0.15, 0.2) is 30.7 Å². The second-order valence-corrected chi connectivity index (χ2v) is 7.27. The second-order valence-electron chi connectivity index (χ2n) is 7.27. The number of hydrogen-bond donors (Lipinski definition) is 2. The molecule has 2 aromatic heterocycles. The highest BCUT2D eigenvalue weighted by Gasteiger charge is 2.31. The van der Waals surface area contributed by atoms with Gasteiger partial charge in [-0.3, -0.25) is 9.78 Å². The van der Waals surface area contributed by atoms with E-state index in [0.717, 1.165) is 30.6 Å². The number of hydrogen-bond acceptors (Lipinski definition) is 6. The minimum absolute atomic E-state index is 0.00836. The van der Waals surface area contributed by atoms with Gasteiger partial charge in [-0.05, 0) is 50.3 Å². The second kappa shape index (κ2) is 7.53. The Labute approximate surface area is 162 Å². The Morgan fingerprint density at radius 3 is 3.04 bits per heavy atom. The number of nitrogens with zero attached hydrogens (tertiary/aromatic N) is 4. The molecule has 0 radical (unpaired) electrons. The maximum absolute atomic E-state index is 14.0. The largest absolute Gasteiger partial charge is 0.404 e. The Morgan fingerprint density at radius 2 is 2.21 bits per heavy atom. The molecule has 4 rings (SSSR count). The first-order chi connectivity index (χ1) is 13.6. The van der Waals surface area contributed by atoms with E-state index in [1.807, 2.05) is 13.0 Å². The summed E-state index contributed by atoms with van der Waals surface area (Å²) in [6.07, 6.45) is 7.32. The highest BCUT2D eigenvalue weighted by molar-refractivity contribution is 6.18. The van der Waals surface area contributed by atoms with E-state index in [-0.39, 0.29) is 35.2 Å². The molecule has 2 aliphatic rings. The van der Waals surface area contributed by atoms with Gasteiger partial charge in [0.05, 0.1) is 17.8 Å². The Hall–Kier alpha value is -3.03. The van der Waals surface area contributed by atoms with Crippen LogP contribution in [0.5, 0.6) is 0 Å². The highest BCUT2D eigenvalue weighted by atomic mass is 19.1. The number of amides is 1. The number of anilines is 1. The average Bonchev–Trinajstić information content (AvgIpc) is 3.17. The number of aryl methyl sites for hydroxylation is 1. The SMILES string of the molecule is C[C@@H]1CCc2ncc(F)cc2[C@H]2CCCN2c2ccnc(n2)C(=CN)C(=O)N1. The molecule has 7 nitrogen and oxygen atoms in total. The number of aromatic nitrogens is 3. The summed E-state index contributed by atoms with van der Waals surface area (Å²) in [5.41, 5.74) is 7.71. The highest BCUT2D eigenvalue weighted by Crippen LogP contribution is 2.37. The lowest BCUT2D eigenvalue weighted by molar-refractivity contribution is -0.116. The minimum Gasteiger partial charge on any atom is -0.404 e. The molecular formula is C20H23FN6O. The normalized spacial score (nSPS) is 23.9. The van der Waals surface area contributed by atoms with Crippen LogP contribution in [0, 0.1) is 5.82 Å². The summed E-state index contributed by atoms with van der Waals surface area (Å²) in [6, 6.07) is 3.28. The zero-order valence-corrected chi connectivity index (χ0v) is 15.7. The van der Waals surface area contributed by atoms with Crippen LogP contribution in [0.2, 0.25) is 0 Å². The topological polar surface area (TPSA) is 97.0 Å². The number of halogens is 1. The fourth-order valence-corrected chi connectivity index (χ4v) is 3.96. The van der Waals surface area contributed by atoms with E-state index in [4.69, 9.17) is 5.73 Å². The summed E-state index contributed by atoms with van der Waals surface area (Å²) < 4.78 is 14.0. The molecule has 146 valence electrons. The molecule has 2 aliphatic heterocycles. The van der Waals surface area contributed by atoms with E-state index in [1.165, 1.54) is 12.4 Å². The molecular weight excluding hydrogens is 359 g/mol. The summed E-state index contributed by atoms with van der Waals surface area (Å²) in [5.74, 6) is 0.332. The molecule has 1 fully saturated rings. The van der Waals surface area contributed by atoms with Gasteiger partial charge in [-0.15, -0.1) is 0 Å². The van der Waals surface area contributed by atoms with E-state index in [2.05, 4.69) is 25.2 Å². The predicted octanol–water partition coefficient (Wildman–Crippen LogP) is 2.10. The third kappa shape index (κ3) is 3.42. The van der Waals surface area contributed by atoms with Crippen LogP contribution in [-0.4, -0.2) is 33.4 Å². The number of fused-ring (bicyclic) bond motifs is 6. The molecule has 2 bridgehead atoms. The van der Waals surface area contributed by atoms with E-state index in [1.54, 1.807) is 12.3 Å². The van der Waals surface area contributed by atoms with Crippen molar-refractivity contribution in [2.75, 3.05) is 11.4 Å². The third-order valence-electron chi connectivity index (χ3n) is 5.36. The van der Waals surface area contributed by atoms with Crippen molar-refractivity contribution < 1.29 is 9.18 Å². The van der Waals surface area contributed by atoms with Crippen molar-refractivity contribution in [3.8, 4) is 0 Å². The monoisotopic (exact) mass is 382 g/mol. The summed E-state index contributed by atoms with van der Waals surface area (Å²) in [6.45, 7) is 2.72. The number of nitrogens with one attached hydrogen (secondary N) is 1. The predicted molar refractivity (Wildman–Crippen MR) is 104 cm³/mol. The zero-order chi connectivity index (χ0) is 19.7. The van der Waals surface area contributed by atoms with Crippen molar-refractivity contribution in [1.82, 2.24) is 20.3 Å². The van der Waals surface area contributed by atoms with Crippen LogP contribution in [0.3, 0.4) is 0 Å². The van der Waals surface area contributed by atoms with Gasteiger partial charge < -0.3 is 16.0 Å². The lowest BCUT2D eigenvalue weighted by Crippen LogP contribution is -2.34. The quantitative estimate of drug-likeness (QED) is 0.678. The number of pyridine rings is 1. The van der Waals surface area contributed by atoms with Gasteiger partial charge in [0.1, 0.15) is 11.6 Å². The minimum atomic E-state index is -0.340. The molecule has 1 amide bonds. The molecule has 0 spiro atoms. The van der Waals surface area contributed by atoms with Crippen molar-refractivity contribution in [3.05, 3.63) is 53.6 Å². The molecule has 0 unspecified atom stereocenters. The molecule has 0 saturated carbocycles. The third-order valence-corrected chi connectivity index (χ3v) is 5.36. The number of rotatable bonds is 0. The van der Waals surface area contributed by atoms with Crippen LogP contribution in [-0.2, 0) is 11.2 Å². The van der Waals surface area contributed by atoms with Crippen molar-refractivity contribution in [3.63, 3.8) is 0 Å². The molecule has 4 heterocycles. The number of nitrogens with two attached hydrogens (primary N) is 1. The van der Waals surface area contributed by atoms with Gasteiger partial charge in [0.25, 0.3) is 5.91 Å². The van der Waals surface area contributed by atoms with E-state index >= 15 is 0 Å². The summed E-state index contributed by atoms with van der Waals surface area (Å²) >= 11 is 0. The Bertz CT molecular complexity index is 931. The Kier molecular flexibility index (Phi) is 4.93. The van der Waals surface area contributed by atoms with Gasteiger partial charge >= 0.3 is 0 Å². The van der Waals surface area contributed by atoms with Gasteiger partial charge in [0, 0.05) is 30.7 Å². The van der Waals surface area contributed by atoms with Crippen LogP contribution in [0.1, 0.15) is 49.3 Å². The van der Waals surface area contributed by atoms with Crippen LogP contribution < -0.4 is 16.0 Å². The van der Waals surface area contributed by atoms with Crippen molar-refractivity contribution in [2.45, 2.75) is 44.7 Å². The van der Waals surface area contributed by atoms with Gasteiger partial charge in [-0.1, -0.05) is 0 Å².